The first-order valence-corrected chi connectivity index (χ1v) is 9.03. The van der Waals surface area contributed by atoms with Crippen molar-refractivity contribution in [3.8, 4) is 0 Å². The van der Waals surface area contributed by atoms with Gasteiger partial charge in [0.05, 0.1) is 15.6 Å². The molecule has 1 saturated heterocycles. The lowest BCUT2D eigenvalue weighted by atomic mass is 10.1. The van der Waals surface area contributed by atoms with E-state index >= 15 is 0 Å². The summed E-state index contributed by atoms with van der Waals surface area (Å²) >= 11 is 6.29. The molecular weight excluding hydrogens is 384 g/mol. The smallest absolute Gasteiger partial charge is 0.293 e. The minimum Gasteiger partial charge on any atom is -0.372 e. The molecule has 8 nitrogen and oxygen atoms in total. The Kier molecular flexibility index (Phi) is 5.51. The van der Waals surface area contributed by atoms with Crippen LogP contribution in [0.1, 0.15) is 23.2 Å². The number of hydrogen-bond acceptors (Lipinski definition) is 5. The SMILES string of the molecule is CN(C)c1ccc(C(=O)Nc2ccc(N3CCCC3=O)c(Cl)c2)cc1[N+](=O)[O-]. The van der Waals surface area contributed by atoms with Crippen molar-refractivity contribution in [2.24, 2.45) is 0 Å². The highest BCUT2D eigenvalue weighted by atomic mass is 35.5. The monoisotopic (exact) mass is 402 g/mol. The van der Waals surface area contributed by atoms with E-state index < -0.39 is 10.8 Å². The zero-order valence-corrected chi connectivity index (χ0v) is 16.2. The van der Waals surface area contributed by atoms with Gasteiger partial charge in [0.2, 0.25) is 5.91 Å². The molecule has 0 radical (unpaired) electrons. The summed E-state index contributed by atoms with van der Waals surface area (Å²) in [5.74, 6) is -0.471. The highest BCUT2D eigenvalue weighted by Gasteiger charge is 2.24. The van der Waals surface area contributed by atoms with Gasteiger partial charge in [-0.1, -0.05) is 11.6 Å². The zero-order valence-electron chi connectivity index (χ0n) is 15.4. The fourth-order valence-electron chi connectivity index (χ4n) is 3.10. The number of hydrogen-bond donors (Lipinski definition) is 1. The fraction of sp³-hybridized carbons (Fsp3) is 0.263. The Labute approximate surface area is 166 Å². The second kappa shape index (κ2) is 7.85. The van der Waals surface area contributed by atoms with E-state index in [4.69, 9.17) is 11.6 Å². The Morgan fingerprint density at radius 1 is 1.25 bits per heavy atom. The third-order valence-corrected chi connectivity index (χ3v) is 4.79. The molecule has 0 spiro atoms. The van der Waals surface area contributed by atoms with Crippen molar-refractivity contribution >= 4 is 46.2 Å². The predicted octanol–water partition coefficient (Wildman–Crippen LogP) is 3.69. The molecule has 1 fully saturated rings. The van der Waals surface area contributed by atoms with Crippen molar-refractivity contribution < 1.29 is 14.5 Å². The molecule has 0 bridgehead atoms. The minimum absolute atomic E-state index is 0.0203. The Hall–Kier alpha value is -3.13. The van der Waals surface area contributed by atoms with Crippen LogP contribution in [0.25, 0.3) is 0 Å². The van der Waals surface area contributed by atoms with Crippen molar-refractivity contribution in [3.05, 3.63) is 57.1 Å². The van der Waals surface area contributed by atoms with Crippen LogP contribution < -0.4 is 15.1 Å². The van der Waals surface area contributed by atoms with E-state index in [0.717, 1.165) is 6.42 Å². The molecule has 0 aliphatic carbocycles. The Morgan fingerprint density at radius 3 is 2.57 bits per heavy atom. The molecule has 0 unspecified atom stereocenters. The van der Waals surface area contributed by atoms with Gasteiger partial charge in [-0.2, -0.15) is 0 Å². The van der Waals surface area contributed by atoms with Crippen LogP contribution in [0.15, 0.2) is 36.4 Å². The van der Waals surface area contributed by atoms with E-state index in [0.29, 0.717) is 35.1 Å². The van der Waals surface area contributed by atoms with Crippen LogP contribution in [0.4, 0.5) is 22.7 Å². The van der Waals surface area contributed by atoms with E-state index in [2.05, 4.69) is 5.32 Å². The van der Waals surface area contributed by atoms with Gasteiger partial charge >= 0.3 is 0 Å². The molecule has 2 aromatic rings. The molecule has 0 saturated carbocycles. The molecule has 1 heterocycles. The molecular formula is C19H19ClN4O4. The average Bonchev–Trinajstić information content (AvgIpc) is 3.07. The lowest BCUT2D eigenvalue weighted by molar-refractivity contribution is -0.384. The summed E-state index contributed by atoms with van der Waals surface area (Å²) in [7, 11) is 3.38. The quantitative estimate of drug-likeness (QED) is 0.607. The van der Waals surface area contributed by atoms with Crippen LogP contribution in [0.2, 0.25) is 5.02 Å². The summed E-state index contributed by atoms with van der Waals surface area (Å²) in [5, 5.41) is 14.3. The van der Waals surface area contributed by atoms with E-state index in [1.165, 1.54) is 18.2 Å². The standard InChI is InChI=1S/C19H19ClN4O4/c1-22(2)16-7-5-12(10-17(16)24(27)28)19(26)21-13-6-8-15(14(20)11-13)23-9-3-4-18(23)25/h5-8,10-11H,3-4,9H2,1-2H3,(H,21,26). The number of carbonyl (C=O) groups excluding carboxylic acids is 2. The summed E-state index contributed by atoms with van der Waals surface area (Å²) < 4.78 is 0. The lowest BCUT2D eigenvalue weighted by Crippen LogP contribution is -2.24. The minimum atomic E-state index is -0.523. The summed E-state index contributed by atoms with van der Waals surface area (Å²) in [6.45, 7) is 0.617. The Balaban J connectivity index is 1.81. The van der Waals surface area contributed by atoms with Crippen molar-refractivity contribution in [1.29, 1.82) is 0 Å². The van der Waals surface area contributed by atoms with Gasteiger partial charge in [0.1, 0.15) is 5.69 Å². The number of carbonyl (C=O) groups is 2. The van der Waals surface area contributed by atoms with E-state index in [1.54, 1.807) is 42.1 Å². The van der Waals surface area contributed by atoms with Crippen LogP contribution in [0.5, 0.6) is 0 Å². The number of amides is 2. The van der Waals surface area contributed by atoms with E-state index in [1.807, 2.05) is 0 Å². The highest BCUT2D eigenvalue weighted by Crippen LogP contribution is 2.32. The molecule has 1 aliphatic rings. The number of nitro groups is 1. The number of benzene rings is 2. The van der Waals surface area contributed by atoms with Gasteiger partial charge in [0.25, 0.3) is 11.6 Å². The van der Waals surface area contributed by atoms with Gasteiger partial charge in [-0.15, -0.1) is 0 Å². The molecule has 9 heteroatoms. The summed E-state index contributed by atoms with van der Waals surface area (Å²) in [5.41, 5.74) is 1.45. The van der Waals surface area contributed by atoms with Crippen molar-refractivity contribution in [1.82, 2.24) is 0 Å². The van der Waals surface area contributed by atoms with Gasteiger partial charge in [-0.25, -0.2) is 0 Å². The second-order valence-electron chi connectivity index (χ2n) is 6.62. The van der Waals surface area contributed by atoms with Crippen molar-refractivity contribution in [3.63, 3.8) is 0 Å². The predicted molar refractivity (Wildman–Crippen MR) is 108 cm³/mol. The van der Waals surface area contributed by atoms with Crippen LogP contribution >= 0.6 is 11.6 Å². The molecule has 28 heavy (non-hydrogen) atoms. The molecule has 0 atom stereocenters. The number of nitrogens with one attached hydrogen (secondary N) is 1. The number of halogens is 1. The van der Waals surface area contributed by atoms with Crippen LogP contribution in [-0.4, -0.2) is 37.4 Å². The number of nitrogens with zero attached hydrogens (tertiary/aromatic N) is 3. The molecule has 2 amide bonds. The van der Waals surface area contributed by atoms with Gasteiger partial charge in [0, 0.05) is 44.4 Å². The topological polar surface area (TPSA) is 95.8 Å². The fourth-order valence-corrected chi connectivity index (χ4v) is 3.38. The van der Waals surface area contributed by atoms with Crippen LogP contribution in [-0.2, 0) is 4.79 Å². The number of nitro benzene ring substituents is 1. The summed E-state index contributed by atoms with van der Waals surface area (Å²) in [4.78, 5) is 38.4. The first kappa shape index (κ1) is 19.6. The normalized spacial score (nSPS) is 13.5. The van der Waals surface area contributed by atoms with Gasteiger partial charge in [0.15, 0.2) is 0 Å². The molecule has 2 aromatic carbocycles. The molecule has 1 N–H and O–H groups in total. The third-order valence-electron chi connectivity index (χ3n) is 4.49. The van der Waals surface area contributed by atoms with E-state index in [9.17, 15) is 19.7 Å². The molecule has 0 aromatic heterocycles. The summed E-state index contributed by atoms with van der Waals surface area (Å²) in [6.07, 6.45) is 1.28. The van der Waals surface area contributed by atoms with Crippen molar-refractivity contribution in [2.75, 3.05) is 35.8 Å². The third kappa shape index (κ3) is 3.91. The van der Waals surface area contributed by atoms with Gasteiger partial charge in [-0.05, 0) is 36.8 Å². The molecule has 146 valence electrons. The Bertz CT molecular complexity index is 961. The van der Waals surface area contributed by atoms with Gasteiger partial charge < -0.3 is 15.1 Å². The molecule has 3 rings (SSSR count). The van der Waals surface area contributed by atoms with Crippen molar-refractivity contribution in [2.45, 2.75) is 12.8 Å². The second-order valence-corrected chi connectivity index (χ2v) is 7.03. The maximum absolute atomic E-state index is 12.5. The average molecular weight is 403 g/mol. The molecule has 1 aliphatic heterocycles. The lowest BCUT2D eigenvalue weighted by Gasteiger charge is -2.18. The summed E-state index contributed by atoms with van der Waals surface area (Å²) in [6, 6.07) is 9.18. The first-order valence-electron chi connectivity index (χ1n) is 8.65. The van der Waals surface area contributed by atoms with Gasteiger partial charge in [-0.3, -0.25) is 19.7 Å². The maximum Gasteiger partial charge on any atom is 0.293 e. The number of rotatable bonds is 5. The highest BCUT2D eigenvalue weighted by molar-refractivity contribution is 6.34. The maximum atomic E-state index is 12.5. The first-order chi connectivity index (χ1) is 13.3. The Morgan fingerprint density at radius 2 is 2.00 bits per heavy atom. The zero-order chi connectivity index (χ0) is 20.4. The van der Waals surface area contributed by atoms with Crippen LogP contribution in [0.3, 0.4) is 0 Å². The van der Waals surface area contributed by atoms with Crippen LogP contribution in [0, 0.1) is 10.1 Å². The van der Waals surface area contributed by atoms with E-state index in [-0.39, 0.29) is 17.2 Å². The largest absolute Gasteiger partial charge is 0.372 e. The number of anilines is 3.